The molecule has 2 aliphatic rings. The predicted molar refractivity (Wildman–Crippen MR) is 86.0 cm³/mol. The summed E-state index contributed by atoms with van der Waals surface area (Å²) in [5.41, 5.74) is 2.67. The molecule has 2 aromatic carbocycles. The van der Waals surface area contributed by atoms with Gasteiger partial charge in [-0.15, -0.1) is 0 Å². The fraction of sp³-hybridized carbons (Fsp3) is 0.294. The number of sulfonamides is 1. The molecular formula is C17H16FNO4S. The summed E-state index contributed by atoms with van der Waals surface area (Å²) in [7, 11) is -3.84. The van der Waals surface area contributed by atoms with Crippen LogP contribution in [-0.4, -0.2) is 15.0 Å². The molecule has 0 atom stereocenters. The van der Waals surface area contributed by atoms with Crippen LogP contribution in [0.25, 0.3) is 0 Å². The number of aryl methyl sites for hydroxylation is 1. The van der Waals surface area contributed by atoms with E-state index in [0.29, 0.717) is 37.6 Å². The highest BCUT2D eigenvalue weighted by molar-refractivity contribution is 7.92. The maximum atomic E-state index is 13.8. The number of ether oxygens (including phenoxy) is 2. The van der Waals surface area contributed by atoms with Crippen molar-refractivity contribution in [3.63, 3.8) is 0 Å². The fourth-order valence-corrected chi connectivity index (χ4v) is 4.14. The third-order valence-electron chi connectivity index (χ3n) is 4.21. The number of rotatable bonds is 3. The zero-order valence-electron chi connectivity index (χ0n) is 12.8. The molecule has 126 valence electrons. The zero-order valence-corrected chi connectivity index (χ0v) is 13.7. The number of fused-ring (bicyclic) bond motifs is 2. The molecule has 24 heavy (non-hydrogen) atoms. The van der Waals surface area contributed by atoms with Crippen LogP contribution in [0.15, 0.2) is 35.2 Å². The summed E-state index contributed by atoms with van der Waals surface area (Å²) in [5, 5.41) is 0. The van der Waals surface area contributed by atoms with Crippen LogP contribution in [0.3, 0.4) is 0 Å². The van der Waals surface area contributed by atoms with Crippen molar-refractivity contribution in [2.45, 2.75) is 31.0 Å². The van der Waals surface area contributed by atoms with Crippen molar-refractivity contribution < 1.29 is 22.3 Å². The first-order chi connectivity index (χ1) is 11.5. The monoisotopic (exact) mass is 349 g/mol. The third-order valence-corrected chi connectivity index (χ3v) is 5.58. The quantitative estimate of drug-likeness (QED) is 0.925. The normalized spacial score (nSPS) is 16.2. The van der Waals surface area contributed by atoms with Gasteiger partial charge in [0.05, 0.1) is 30.4 Å². The number of benzene rings is 2. The van der Waals surface area contributed by atoms with E-state index < -0.39 is 15.8 Å². The molecule has 0 saturated carbocycles. The molecule has 2 aliphatic heterocycles. The standard InChI is InChI=1S/C17H16FNO4S/c18-14-6-11-2-1-5-23-17(11)16(8-14)19-24(20,21)15-4-3-12-9-22-10-13(12)7-15/h3-4,6-8,19H,1-2,5,9-10H2. The minimum absolute atomic E-state index is 0.126. The molecule has 2 heterocycles. The van der Waals surface area contributed by atoms with Crippen molar-refractivity contribution >= 4 is 15.7 Å². The van der Waals surface area contributed by atoms with Gasteiger partial charge in [-0.25, -0.2) is 12.8 Å². The van der Waals surface area contributed by atoms with Gasteiger partial charge >= 0.3 is 0 Å². The van der Waals surface area contributed by atoms with Gasteiger partial charge in [0.2, 0.25) is 0 Å². The lowest BCUT2D eigenvalue weighted by atomic mass is 10.1. The van der Waals surface area contributed by atoms with E-state index in [1.807, 2.05) is 0 Å². The topological polar surface area (TPSA) is 64.6 Å². The molecule has 7 heteroatoms. The molecule has 0 amide bonds. The lowest BCUT2D eigenvalue weighted by Crippen LogP contribution is -2.17. The predicted octanol–water partition coefficient (Wildman–Crippen LogP) is 2.98. The van der Waals surface area contributed by atoms with Crippen LogP contribution < -0.4 is 9.46 Å². The second-order valence-corrected chi connectivity index (χ2v) is 7.60. The van der Waals surface area contributed by atoms with E-state index in [1.165, 1.54) is 12.1 Å². The van der Waals surface area contributed by atoms with E-state index in [9.17, 15) is 12.8 Å². The fourth-order valence-electron chi connectivity index (χ4n) is 3.04. The maximum Gasteiger partial charge on any atom is 0.262 e. The van der Waals surface area contributed by atoms with Crippen LogP contribution in [0, 0.1) is 5.82 Å². The molecule has 0 spiro atoms. The van der Waals surface area contributed by atoms with E-state index in [4.69, 9.17) is 9.47 Å². The highest BCUT2D eigenvalue weighted by Gasteiger charge is 2.23. The highest BCUT2D eigenvalue weighted by Crippen LogP contribution is 2.35. The molecule has 4 rings (SSSR count). The van der Waals surface area contributed by atoms with Gasteiger partial charge < -0.3 is 9.47 Å². The molecule has 0 bridgehead atoms. The Hall–Kier alpha value is -2.12. The number of anilines is 1. The van der Waals surface area contributed by atoms with Gasteiger partial charge in [-0.05, 0) is 47.7 Å². The highest BCUT2D eigenvalue weighted by atomic mass is 32.2. The summed E-state index contributed by atoms with van der Waals surface area (Å²) in [4.78, 5) is 0.126. The van der Waals surface area contributed by atoms with Crippen molar-refractivity contribution in [1.82, 2.24) is 0 Å². The van der Waals surface area contributed by atoms with Gasteiger partial charge in [-0.2, -0.15) is 0 Å². The minimum Gasteiger partial charge on any atom is -0.491 e. The maximum absolute atomic E-state index is 13.8. The molecule has 0 unspecified atom stereocenters. The van der Waals surface area contributed by atoms with Gasteiger partial charge in [-0.3, -0.25) is 4.72 Å². The summed E-state index contributed by atoms with van der Waals surface area (Å²) in [6, 6.07) is 7.41. The Kier molecular flexibility index (Phi) is 3.69. The molecular weight excluding hydrogens is 333 g/mol. The average molecular weight is 349 g/mol. The van der Waals surface area contributed by atoms with Gasteiger partial charge in [0.1, 0.15) is 11.6 Å². The summed E-state index contributed by atoms with van der Waals surface area (Å²) < 4.78 is 52.5. The van der Waals surface area contributed by atoms with Crippen LogP contribution in [-0.2, 0) is 34.4 Å². The Morgan fingerprint density at radius 2 is 1.88 bits per heavy atom. The molecule has 2 aromatic rings. The van der Waals surface area contributed by atoms with E-state index in [1.54, 1.807) is 12.1 Å². The first kappa shape index (κ1) is 15.4. The van der Waals surface area contributed by atoms with E-state index in [0.717, 1.165) is 23.6 Å². The first-order valence-electron chi connectivity index (χ1n) is 7.70. The molecule has 0 aromatic heterocycles. The van der Waals surface area contributed by atoms with Crippen LogP contribution >= 0.6 is 0 Å². The second-order valence-electron chi connectivity index (χ2n) is 5.92. The van der Waals surface area contributed by atoms with Gasteiger partial charge in [-0.1, -0.05) is 6.07 Å². The van der Waals surface area contributed by atoms with Crippen molar-refractivity contribution in [2.75, 3.05) is 11.3 Å². The molecule has 0 radical (unpaired) electrons. The number of halogens is 1. The molecule has 0 saturated heterocycles. The second kappa shape index (κ2) is 5.75. The molecule has 1 N–H and O–H groups in total. The first-order valence-corrected chi connectivity index (χ1v) is 9.19. The molecule has 0 aliphatic carbocycles. The Bertz CT molecular complexity index is 911. The third kappa shape index (κ3) is 2.74. The van der Waals surface area contributed by atoms with Crippen molar-refractivity contribution in [3.8, 4) is 5.75 Å². The number of hydrogen-bond acceptors (Lipinski definition) is 4. The smallest absolute Gasteiger partial charge is 0.262 e. The SMILES string of the molecule is O=S(=O)(Nc1cc(F)cc2c1OCCC2)c1ccc2c(c1)COC2. The van der Waals surface area contributed by atoms with Crippen molar-refractivity contribution in [1.29, 1.82) is 0 Å². The Balaban J connectivity index is 1.71. The summed E-state index contributed by atoms with van der Waals surface area (Å²) in [5.74, 6) is -0.0741. The van der Waals surface area contributed by atoms with E-state index in [-0.39, 0.29) is 10.6 Å². The zero-order chi connectivity index (χ0) is 16.7. The summed E-state index contributed by atoms with van der Waals surface area (Å²) >= 11 is 0. The van der Waals surface area contributed by atoms with Crippen molar-refractivity contribution in [3.05, 3.63) is 52.8 Å². The van der Waals surface area contributed by atoms with E-state index >= 15 is 0 Å². The number of nitrogens with one attached hydrogen (secondary N) is 1. The lowest BCUT2D eigenvalue weighted by molar-refractivity contribution is 0.134. The molecule has 5 nitrogen and oxygen atoms in total. The largest absolute Gasteiger partial charge is 0.491 e. The average Bonchev–Trinajstić information content (AvgIpc) is 3.02. The summed E-state index contributed by atoms with van der Waals surface area (Å²) in [6.07, 6.45) is 1.45. The van der Waals surface area contributed by atoms with Gasteiger partial charge in [0.15, 0.2) is 0 Å². The minimum atomic E-state index is -3.84. The van der Waals surface area contributed by atoms with Crippen molar-refractivity contribution in [2.24, 2.45) is 0 Å². The summed E-state index contributed by atoms with van der Waals surface area (Å²) in [6.45, 7) is 1.38. The van der Waals surface area contributed by atoms with Crippen LogP contribution in [0.5, 0.6) is 5.75 Å². The van der Waals surface area contributed by atoms with Gasteiger partial charge in [0, 0.05) is 6.07 Å². The van der Waals surface area contributed by atoms with Crippen LogP contribution in [0.4, 0.5) is 10.1 Å². The van der Waals surface area contributed by atoms with Gasteiger partial charge in [0.25, 0.3) is 10.0 Å². The number of hydrogen-bond donors (Lipinski definition) is 1. The van der Waals surface area contributed by atoms with Crippen LogP contribution in [0.2, 0.25) is 0 Å². The Morgan fingerprint density at radius 1 is 1.04 bits per heavy atom. The van der Waals surface area contributed by atoms with E-state index in [2.05, 4.69) is 4.72 Å². The molecule has 0 fully saturated rings. The Labute approximate surface area is 139 Å². The van der Waals surface area contributed by atoms with Crippen LogP contribution in [0.1, 0.15) is 23.1 Å². The Morgan fingerprint density at radius 3 is 2.75 bits per heavy atom. The lowest BCUT2D eigenvalue weighted by Gasteiger charge is -2.21.